The summed E-state index contributed by atoms with van der Waals surface area (Å²) in [5.41, 5.74) is 2.88. The van der Waals surface area contributed by atoms with Crippen molar-refractivity contribution in [2.75, 3.05) is 0 Å². The van der Waals surface area contributed by atoms with E-state index in [1.807, 2.05) is 13.0 Å². The Balaban J connectivity index is 1.52. The topological polar surface area (TPSA) is 79.7 Å². The van der Waals surface area contributed by atoms with E-state index >= 15 is 0 Å². The van der Waals surface area contributed by atoms with E-state index in [0.717, 1.165) is 47.1 Å². The van der Waals surface area contributed by atoms with E-state index < -0.39 is 0 Å². The molecule has 2 fully saturated rings. The maximum atomic E-state index is 13.1. The third kappa shape index (κ3) is 4.47. The Labute approximate surface area is 195 Å². The molecule has 7 heteroatoms. The average molecular weight is 449 g/mol. The van der Waals surface area contributed by atoms with Crippen LogP contribution in [0.15, 0.2) is 29.1 Å². The minimum absolute atomic E-state index is 0.0165. The minimum atomic E-state index is 0.0165. The zero-order chi connectivity index (χ0) is 22.8. The summed E-state index contributed by atoms with van der Waals surface area (Å²) in [6, 6.07) is 9.24. The van der Waals surface area contributed by atoms with Gasteiger partial charge in [0.25, 0.3) is 5.56 Å². The molecular formula is C26H36N6O. The van der Waals surface area contributed by atoms with Gasteiger partial charge in [0, 0.05) is 18.2 Å². The Morgan fingerprint density at radius 3 is 2.64 bits per heavy atom. The molecule has 176 valence electrons. The third-order valence-electron chi connectivity index (χ3n) is 7.84. The van der Waals surface area contributed by atoms with Gasteiger partial charge in [-0.3, -0.25) is 9.69 Å². The van der Waals surface area contributed by atoms with Crippen LogP contribution in [0, 0.1) is 6.92 Å². The summed E-state index contributed by atoms with van der Waals surface area (Å²) in [4.78, 5) is 18.8. The number of aromatic amines is 1. The van der Waals surface area contributed by atoms with Crippen molar-refractivity contribution < 1.29 is 0 Å². The number of hydrogen-bond donors (Lipinski definition) is 1. The highest BCUT2D eigenvalue weighted by molar-refractivity contribution is 5.81. The van der Waals surface area contributed by atoms with Gasteiger partial charge in [-0.05, 0) is 66.5 Å². The van der Waals surface area contributed by atoms with Gasteiger partial charge < -0.3 is 4.98 Å². The standard InChI is InChI=1S/C26H36N6O/c1-3-23(25-28-29-30-32(25)22-14-7-8-15-22)31(21-12-5-4-6-13-21)17-20-16-19-11-9-10-18(2)24(19)27-26(20)33/h9-11,16,21-23H,3-8,12-15,17H2,1-2H3,(H,27,33). The molecule has 0 radical (unpaired) electrons. The van der Waals surface area contributed by atoms with E-state index in [1.54, 1.807) is 0 Å². The molecule has 33 heavy (non-hydrogen) atoms. The SMILES string of the molecule is CCC(c1nnnn1C1CCCC1)N(Cc1cc2cccc(C)c2[nH]c1=O)C1CCCCC1. The highest BCUT2D eigenvalue weighted by Crippen LogP contribution is 2.36. The first kappa shape index (κ1) is 22.3. The lowest BCUT2D eigenvalue weighted by Crippen LogP contribution is -2.41. The van der Waals surface area contributed by atoms with Crippen LogP contribution in [0.2, 0.25) is 0 Å². The van der Waals surface area contributed by atoms with Crippen LogP contribution in [-0.2, 0) is 6.54 Å². The highest BCUT2D eigenvalue weighted by Gasteiger charge is 2.33. The summed E-state index contributed by atoms with van der Waals surface area (Å²) in [7, 11) is 0. The second kappa shape index (κ2) is 9.75. The second-order valence-corrected chi connectivity index (χ2v) is 9.97. The lowest BCUT2D eigenvalue weighted by Gasteiger charge is -2.39. The number of H-pyrrole nitrogens is 1. The third-order valence-corrected chi connectivity index (χ3v) is 7.84. The molecule has 3 aromatic rings. The maximum Gasteiger partial charge on any atom is 0.252 e. The number of fused-ring (bicyclic) bond motifs is 1. The quantitative estimate of drug-likeness (QED) is 0.536. The molecule has 0 amide bonds. The second-order valence-electron chi connectivity index (χ2n) is 9.97. The van der Waals surface area contributed by atoms with Crippen LogP contribution in [0.25, 0.3) is 10.9 Å². The van der Waals surface area contributed by atoms with Crippen molar-refractivity contribution >= 4 is 10.9 Å². The molecule has 7 nitrogen and oxygen atoms in total. The molecule has 2 saturated carbocycles. The van der Waals surface area contributed by atoms with Gasteiger partial charge >= 0.3 is 0 Å². The van der Waals surface area contributed by atoms with Crippen LogP contribution in [0.1, 0.15) is 100 Å². The molecule has 2 aromatic heterocycles. The largest absolute Gasteiger partial charge is 0.321 e. The Bertz CT molecular complexity index is 1140. The van der Waals surface area contributed by atoms with E-state index in [0.29, 0.717) is 18.6 Å². The van der Waals surface area contributed by atoms with Crippen LogP contribution >= 0.6 is 0 Å². The van der Waals surface area contributed by atoms with Gasteiger partial charge in [0.2, 0.25) is 0 Å². The first-order valence-electron chi connectivity index (χ1n) is 12.8. The zero-order valence-corrected chi connectivity index (χ0v) is 20.0. The first-order chi connectivity index (χ1) is 16.2. The fraction of sp³-hybridized carbons (Fsp3) is 0.615. The number of aromatic nitrogens is 5. The van der Waals surface area contributed by atoms with E-state index in [-0.39, 0.29) is 11.6 Å². The van der Waals surface area contributed by atoms with Gasteiger partial charge in [0.1, 0.15) is 0 Å². The van der Waals surface area contributed by atoms with E-state index in [4.69, 9.17) is 0 Å². The first-order valence-corrected chi connectivity index (χ1v) is 12.8. The molecule has 1 N–H and O–H groups in total. The van der Waals surface area contributed by atoms with Gasteiger partial charge in [-0.1, -0.05) is 57.2 Å². The molecular weight excluding hydrogens is 412 g/mol. The number of para-hydroxylation sites is 1. The smallest absolute Gasteiger partial charge is 0.252 e. The summed E-state index contributed by atoms with van der Waals surface area (Å²) in [5, 5.41) is 14.2. The number of aryl methyl sites for hydroxylation is 1. The highest BCUT2D eigenvalue weighted by atomic mass is 16.1. The van der Waals surface area contributed by atoms with E-state index in [1.165, 1.54) is 44.9 Å². The van der Waals surface area contributed by atoms with Crippen LogP contribution in [0.4, 0.5) is 0 Å². The summed E-state index contributed by atoms with van der Waals surface area (Å²) in [5.74, 6) is 0.975. The molecule has 0 spiro atoms. The van der Waals surface area contributed by atoms with Gasteiger partial charge in [0.05, 0.1) is 17.6 Å². The fourth-order valence-electron chi connectivity index (χ4n) is 6.04. The van der Waals surface area contributed by atoms with Crippen molar-refractivity contribution in [3.63, 3.8) is 0 Å². The van der Waals surface area contributed by atoms with Gasteiger partial charge in [-0.25, -0.2) is 4.68 Å². The number of nitrogens with one attached hydrogen (secondary N) is 1. The van der Waals surface area contributed by atoms with E-state index in [9.17, 15) is 4.79 Å². The monoisotopic (exact) mass is 448 g/mol. The van der Waals surface area contributed by atoms with Crippen molar-refractivity contribution in [1.29, 1.82) is 0 Å². The van der Waals surface area contributed by atoms with Gasteiger partial charge in [-0.2, -0.15) is 0 Å². The molecule has 0 saturated heterocycles. The summed E-state index contributed by atoms with van der Waals surface area (Å²) < 4.78 is 2.10. The van der Waals surface area contributed by atoms with Gasteiger partial charge in [0.15, 0.2) is 5.82 Å². The van der Waals surface area contributed by atoms with Crippen molar-refractivity contribution in [3.8, 4) is 0 Å². The molecule has 1 aromatic carbocycles. The van der Waals surface area contributed by atoms with E-state index in [2.05, 4.69) is 55.2 Å². The number of pyridine rings is 1. The fourth-order valence-corrected chi connectivity index (χ4v) is 6.04. The Hall–Kier alpha value is -2.54. The molecule has 1 atom stereocenters. The Kier molecular flexibility index (Phi) is 6.58. The van der Waals surface area contributed by atoms with Crippen molar-refractivity contribution in [2.24, 2.45) is 0 Å². The van der Waals surface area contributed by atoms with Crippen molar-refractivity contribution in [2.45, 2.75) is 103 Å². The molecule has 2 heterocycles. The normalized spacial score (nSPS) is 19.0. The number of rotatable bonds is 7. The lowest BCUT2D eigenvalue weighted by atomic mass is 9.92. The van der Waals surface area contributed by atoms with Gasteiger partial charge in [-0.15, -0.1) is 5.10 Å². The number of hydrogen-bond acceptors (Lipinski definition) is 5. The molecule has 2 aliphatic carbocycles. The maximum absolute atomic E-state index is 13.1. The van der Waals surface area contributed by atoms with Crippen LogP contribution < -0.4 is 5.56 Å². The summed E-state index contributed by atoms with van der Waals surface area (Å²) >= 11 is 0. The van der Waals surface area contributed by atoms with Crippen molar-refractivity contribution in [1.82, 2.24) is 30.1 Å². The molecule has 5 rings (SSSR count). The molecule has 0 bridgehead atoms. The number of tetrazole rings is 1. The molecule has 0 aliphatic heterocycles. The zero-order valence-electron chi connectivity index (χ0n) is 20.0. The van der Waals surface area contributed by atoms with Crippen LogP contribution in [0.5, 0.6) is 0 Å². The average Bonchev–Trinajstić information content (AvgIpc) is 3.53. The number of benzene rings is 1. The predicted molar refractivity (Wildman–Crippen MR) is 130 cm³/mol. The van der Waals surface area contributed by atoms with Crippen LogP contribution in [0.3, 0.4) is 0 Å². The summed E-state index contributed by atoms with van der Waals surface area (Å²) in [6.07, 6.45) is 11.9. The number of nitrogens with zero attached hydrogens (tertiary/aromatic N) is 5. The Morgan fingerprint density at radius 2 is 1.88 bits per heavy atom. The predicted octanol–water partition coefficient (Wildman–Crippen LogP) is 5.22. The molecule has 1 unspecified atom stereocenters. The van der Waals surface area contributed by atoms with Crippen LogP contribution in [-0.4, -0.2) is 36.1 Å². The lowest BCUT2D eigenvalue weighted by molar-refractivity contribution is 0.0830. The summed E-state index contributed by atoms with van der Waals surface area (Å²) in [6.45, 7) is 4.89. The molecule has 2 aliphatic rings. The van der Waals surface area contributed by atoms with Crippen molar-refractivity contribution in [3.05, 3.63) is 51.6 Å². The Morgan fingerprint density at radius 1 is 1.12 bits per heavy atom. The minimum Gasteiger partial charge on any atom is -0.321 e.